The first-order valence-electron chi connectivity index (χ1n) is 5.71. The van der Waals surface area contributed by atoms with Crippen molar-refractivity contribution in [3.63, 3.8) is 0 Å². The lowest BCUT2D eigenvalue weighted by atomic mass is 10.2. The van der Waals surface area contributed by atoms with Crippen molar-refractivity contribution in [3.8, 4) is 5.75 Å². The standard InChI is InChI=1S/C14H16O5/c1-10(2)14(17)19-9-12(16)8-18-13-5-3-4-11(6-13)7-15/h3-7,12,16H,1,8-9H2,2H3. The van der Waals surface area contributed by atoms with Gasteiger partial charge in [-0.1, -0.05) is 18.7 Å². The Kier molecular flexibility index (Phi) is 5.75. The van der Waals surface area contributed by atoms with Crippen molar-refractivity contribution < 1.29 is 24.2 Å². The van der Waals surface area contributed by atoms with Crippen LogP contribution < -0.4 is 4.74 Å². The van der Waals surface area contributed by atoms with Gasteiger partial charge in [0.2, 0.25) is 0 Å². The molecule has 0 saturated carbocycles. The normalized spacial score (nSPS) is 11.5. The molecular formula is C14H16O5. The number of benzene rings is 1. The summed E-state index contributed by atoms with van der Waals surface area (Å²) >= 11 is 0. The van der Waals surface area contributed by atoms with Gasteiger partial charge in [-0.05, 0) is 19.1 Å². The molecule has 1 aromatic carbocycles. The van der Waals surface area contributed by atoms with Gasteiger partial charge in [-0.15, -0.1) is 0 Å². The van der Waals surface area contributed by atoms with Gasteiger partial charge in [-0.3, -0.25) is 4.79 Å². The van der Waals surface area contributed by atoms with Gasteiger partial charge < -0.3 is 14.6 Å². The molecular weight excluding hydrogens is 248 g/mol. The smallest absolute Gasteiger partial charge is 0.333 e. The van der Waals surface area contributed by atoms with Crippen LogP contribution in [-0.2, 0) is 9.53 Å². The minimum absolute atomic E-state index is 0.0359. The average Bonchev–Trinajstić information content (AvgIpc) is 2.42. The molecule has 0 radical (unpaired) electrons. The van der Waals surface area contributed by atoms with E-state index in [-0.39, 0.29) is 18.8 Å². The van der Waals surface area contributed by atoms with Gasteiger partial charge >= 0.3 is 5.97 Å². The minimum Gasteiger partial charge on any atom is -0.491 e. The van der Waals surface area contributed by atoms with Gasteiger partial charge in [0.15, 0.2) is 0 Å². The van der Waals surface area contributed by atoms with E-state index in [0.29, 0.717) is 17.6 Å². The SMILES string of the molecule is C=C(C)C(=O)OCC(O)COc1cccc(C=O)c1. The lowest BCUT2D eigenvalue weighted by Gasteiger charge is -2.13. The average molecular weight is 264 g/mol. The number of hydrogen-bond acceptors (Lipinski definition) is 5. The highest BCUT2D eigenvalue weighted by atomic mass is 16.5. The first-order valence-corrected chi connectivity index (χ1v) is 5.71. The van der Waals surface area contributed by atoms with Gasteiger partial charge in [0.05, 0.1) is 0 Å². The number of aliphatic hydroxyl groups is 1. The summed E-state index contributed by atoms with van der Waals surface area (Å²) in [6.07, 6.45) is -0.235. The molecule has 0 fully saturated rings. The van der Waals surface area contributed by atoms with Gasteiger partial charge in [-0.2, -0.15) is 0 Å². The predicted octanol–water partition coefficient (Wildman–Crippen LogP) is 1.36. The molecule has 5 heteroatoms. The summed E-state index contributed by atoms with van der Waals surface area (Å²) in [4.78, 5) is 21.7. The molecule has 1 aromatic rings. The van der Waals surface area contributed by atoms with Crippen molar-refractivity contribution >= 4 is 12.3 Å². The fourth-order valence-corrected chi connectivity index (χ4v) is 1.21. The maximum Gasteiger partial charge on any atom is 0.333 e. The zero-order valence-corrected chi connectivity index (χ0v) is 10.7. The zero-order chi connectivity index (χ0) is 14.3. The van der Waals surface area contributed by atoms with Crippen molar-refractivity contribution in [2.45, 2.75) is 13.0 Å². The quantitative estimate of drug-likeness (QED) is 0.457. The largest absolute Gasteiger partial charge is 0.491 e. The summed E-state index contributed by atoms with van der Waals surface area (Å²) in [5.41, 5.74) is 0.757. The van der Waals surface area contributed by atoms with Crippen LogP contribution in [0.4, 0.5) is 0 Å². The molecule has 1 N–H and O–H groups in total. The number of rotatable bonds is 7. The molecule has 0 saturated heterocycles. The highest BCUT2D eigenvalue weighted by molar-refractivity contribution is 5.86. The molecule has 0 aliphatic rings. The van der Waals surface area contributed by atoms with Crippen molar-refractivity contribution in [1.82, 2.24) is 0 Å². The summed E-state index contributed by atoms with van der Waals surface area (Å²) in [6, 6.07) is 6.54. The fourth-order valence-electron chi connectivity index (χ4n) is 1.21. The van der Waals surface area contributed by atoms with Gasteiger partial charge in [0, 0.05) is 11.1 Å². The minimum atomic E-state index is -0.941. The predicted molar refractivity (Wildman–Crippen MR) is 69.1 cm³/mol. The van der Waals surface area contributed by atoms with Crippen molar-refractivity contribution in [2.24, 2.45) is 0 Å². The first kappa shape index (κ1) is 14.9. The second-order valence-corrected chi connectivity index (χ2v) is 4.03. The molecule has 0 aromatic heterocycles. The Morgan fingerprint density at radius 1 is 1.47 bits per heavy atom. The number of esters is 1. The van der Waals surface area contributed by atoms with Gasteiger partial charge in [0.1, 0.15) is 31.4 Å². The van der Waals surface area contributed by atoms with Crippen LogP contribution in [0.2, 0.25) is 0 Å². The highest BCUT2D eigenvalue weighted by Crippen LogP contribution is 2.12. The number of hydrogen-bond donors (Lipinski definition) is 1. The monoisotopic (exact) mass is 264 g/mol. The molecule has 0 amide bonds. The second kappa shape index (κ2) is 7.33. The van der Waals surface area contributed by atoms with E-state index in [1.165, 1.54) is 6.92 Å². The second-order valence-electron chi connectivity index (χ2n) is 4.03. The fraction of sp³-hybridized carbons (Fsp3) is 0.286. The van der Waals surface area contributed by atoms with Crippen LogP contribution >= 0.6 is 0 Å². The maximum atomic E-state index is 11.1. The Balaban J connectivity index is 2.37. The third kappa shape index (κ3) is 5.35. The summed E-state index contributed by atoms with van der Waals surface area (Å²) in [6.45, 7) is 4.75. The molecule has 0 aliphatic heterocycles. The van der Waals surface area contributed by atoms with Gasteiger partial charge in [-0.25, -0.2) is 4.79 Å². The van der Waals surface area contributed by atoms with Crippen molar-refractivity contribution in [1.29, 1.82) is 0 Å². The van der Waals surface area contributed by atoms with E-state index in [0.717, 1.165) is 0 Å². The summed E-state index contributed by atoms with van der Waals surface area (Å²) in [5.74, 6) is -0.0862. The molecule has 5 nitrogen and oxygen atoms in total. The lowest BCUT2D eigenvalue weighted by molar-refractivity contribution is -0.142. The van der Waals surface area contributed by atoms with Crippen molar-refractivity contribution in [2.75, 3.05) is 13.2 Å². The molecule has 1 rings (SSSR count). The summed E-state index contributed by atoms with van der Waals surface area (Å²) < 4.78 is 10.1. The van der Waals surface area contributed by atoms with E-state index in [9.17, 15) is 14.7 Å². The third-order valence-electron chi connectivity index (χ3n) is 2.19. The van der Waals surface area contributed by atoms with Crippen LogP contribution in [0, 0.1) is 0 Å². The molecule has 0 bridgehead atoms. The molecule has 1 unspecified atom stereocenters. The Morgan fingerprint density at radius 2 is 2.21 bits per heavy atom. The number of aliphatic hydroxyl groups excluding tert-OH is 1. The van der Waals surface area contributed by atoms with Crippen LogP contribution in [0.1, 0.15) is 17.3 Å². The Hall–Kier alpha value is -2.14. The Labute approximate surface area is 111 Å². The van der Waals surface area contributed by atoms with E-state index in [4.69, 9.17) is 9.47 Å². The molecule has 0 heterocycles. The zero-order valence-electron chi connectivity index (χ0n) is 10.7. The summed E-state index contributed by atoms with van der Waals surface area (Å²) in [5, 5.41) is 9.57. The highest BCUT2D eigenvalue weighted by Gasteiger charge is 2.10. The summed E-state index contributed by atoms with van der Waals surface area (Å²) in [7, 11) is 0. The third-order valence-corrected chi connectivity index (χ3v) is 2.19. The molecule has 1 atom stereocenters. The molecule has 19 heavy (non-hydrogen) atoms. The number of carbonyl (C=O) groups is 2. The van der Waals surface area contributed by atoms with Crippen LogP contribution in [0.15, 0.2) is 36.4 Å². The van der Waals surface area contributed by atoms with E-state index < -0.39 is 12.1 Å². The molecule has 0 aliphatic carbocycles. The van der Waals surface area contributed by atoms with Crippen LogP contribution in [0.3, 0.4) is 0 Å². The van der Waals surface area contributed by atoms with E-state index in [1.807, 2.05) is 0 Å². The number of carbonyl (C=O) groups excluding carboxylic acids is 2. The number of aldehydes is 1. The van der Waals surface area contributed by atoms with E-state index in [2.05, 4.69) is 6.58 Å². The van der Waals surface area contributed by atoms with Gasteiger partial charge in [0.25, 0.3) is 0 Å². The van der Waals surface area contributed by atoms with Crippen LogP contribution in [0.25, 0.3) is 0 Å². The molecule has 0 spiro atoms. The van der Waals surface area contributed by atoms with E-state index >= 15 is 0 Å². The van der Waals surface area contributed by atoms with E-state index in [1.54, 1.807) is 24.3 Å². The van der Waals surface area contributed by atoms with Crippen molar-refractivity contribution in [3.05, 3.63) is 42.0 Å². The lowest BCUT2D eigenvalue weighted by Crippen LogP contribution is -2.25. The Morgan fingerprint density at radius 3 is 2.84 bits per heavy atom. The maximum absolute atomic E-state index is 11.1. The first-order chi connectivity index (χ1) is 9.02. The topological polar surface area (TPSA) is 72.8 Å². The van der Waals surface area contributed by atoms with Crippen LogP contribution in [-0.4, -0.2) is 36.7 Å². The number of ether oxygens (including phenoxy) is 2. The molecule has 102 valence electrons. The van der Waals surface area contributed by atoms with Crippen LogP contribution in [0.5, 0.6) is 5.75 Å². The Bertz CT molecular complexity index is 467.